The third-order valence-electron chi connectivity index (χ3n) is 2.96. The second-order valence-electron chi connectivity index (χ2n) is 4.72. The molecule has 1 amide bonds. The second-order valence-corrected chi connectivity index (χ2v) is 4.72. The predicted octanol–water partition coefficient (Wildman–Crippen LogP) is 3.65. The SMILES string of the molecule is O=C(NNc1ccc(C(F)(F)F)cc1[N+](=O)[O-])c1cc(F)cc(F)c1. The topological polar surface area (TPSA) is 84.3 Å². The number of carbonyl (C=O) groups is 1. The van der Waals surface area contributed by atoms with E-state index in [0.29, 0.717) is 24.3 Å². The molecule has 0 fully saturated rings. The van der Waals surface area contributed by atoms with Crippen LogP contribution in [0, 0.1) is 21.7 Å². The van der Waals surface area contributed by atoms with Crippen LogP contribution in [-0.2, 0) is 6.18 Å². The van der Waals surface area contributed by atoms with Crippen molar-refractivity contribution in [1.29, 1.82) is 0 Å². The fraction of sp³-hybridized carbons (Fsp3) is 0.0714. The van der Waals surface area contributed by atoms with E-state index in [1.165, 1.54) is 0 Å². The van der Waals surface area contributed by atoms with Crippen LogP contribution in [0.5, 0.6) is 0 Å². The van der Waals surface area contributed by atoms with Crippen molar-refractivity contribution in [3.8, 4) is 0 Å². The highest BCUT2D eigenvalue weighted by Gasteiger charge is 2.33. The van der Waals surface area contributed by atoms with E-state index in [1.54, 1.807) is 0 Å². The van der Waals surface area contributed by atoms with E-state index in [1.807, 2.05) is 5.43 Å². The van der Waals surface area contributed by atoms with Gasteiger partial charge < -0.3 is 0 Å². The van der Waals surface area contributed by atoms with Gasteiger partial charge in [-0.1, -0.05) is 0 Å². The van der Waals surface area contributed by atoms with Crippen molar-refractivity contribution in [3.05, 3.63) is 69.3 Å². The zero-order chi connectivity index (χ0) is 18.8. The van der Waals surface area contributed by atoms with Gasteiger partial charge in [0.1, 0.15) is 17.3 Å². The average molecular weight is 361 g/mol. The Morgan fingerprint density at radius 2 is 1.64 bits per heavy atom. The number of anilines is 1. The minimum Gasteiger partial charge on any atom is -0.292 e. The first kappa shape index (κ1) is 18.1. The van der Waals surface area contributed by atoms with Crippen LogP contribution < -0.4 is 10.9 Å². The number of hydrazine groups is 1. The molecule has 6 nitrogen and oxygen atoms in total. The molecule has 2 aromatic carbocycles. The van der Waals surface area contributed by atoms with E-state index >= 15 is 0 Å². The number of nitro benzene ring substituents is 1. The van der Waals surface area contributed by atoms with E-state index in [4.69, 9.17) is 0 Å². The summed E-state index contributed by atoms with van der Waals surface area (Å²) in [5, 5.41) is 10.9. The van der Waals surface area contributed by atoms with Crippen molar-refractivity contribution < 1.29 is 31.7 Å². The minimum atomic E-state index is -4.79. The first-order chi connectivity index (χ1) is 11.6. The van der Waals surface area contributed by atoms with Gasteiger partial charge in [0.15, 0.2) is 0 Å². The van der Waals surface area contributed by atoms with E-state index in [9.17, 15) is 36.9 Å². The first-order valence-electron chi connectivity index (χ1n) is 6.46. The summed E-state index contributed by atoms with van der Waals surface area (Å²) >= 11 is 0. The lowest BCUT2D eigenvalue weighted by Crippen LogP contribution is -2.30. The Labute approximate surface area is 136 Å². The third-order valence-corrected chi connectivity index (χ3v) is 2.96. The molecule has 2 aromatic rings. The Morgan fingerprint density at radius 1 is 1.04 bits per heavy atom. The number of nitrogens with one attached hydrogen (secondary N) is 2. The van der Waals surface area contributed by atoms with E-state index in [-0.39, 0.29) is 6.07 Å². The zero-order valence-electron chi connectivity index (χ0n) is 12.0. The lowest BCUT2D eigenvalue weighted by molar-refractivity contribution is -0.384. The second kappa shape index (κ2) is 6.71. The Bertz CT molecular complexity index is 819. The summed E-state index contributed by atoms with van der Waals surface area (Å²) in [6.45, 7) is 0. The van der Waals surface area contributed by atoms with E-state index in [2.05, 4.69) is 5.43 Å². The number of hydrogen-bond donors (Lipinski definition) is 2. The maximum absolute atomic E-state index is 13.0. The van der Waals surface area contributed by atoms with Crippen LogP contribution in [0.25, 0.3) is 0 Å². The third kappa shape index (κ3) is 4.40. The predicted molar refractivity (Wildman–Crippen MR) is 75.5 cm³/mol. The number of rotatable bonds is 4. The molecule has 0 spiro atoms. The molecule has 0 aliphatic heterocycles. The summed E-state index contributed by atoms with van der Waals surface area (Å²) in [5.74, 6) is -3.09. The van der Waals surface area contributed by atoms with Crippen LogP contribution in [0.15, 0.2) is 36.4 Å². The van der Waals surface area contributed by atoms with Gasteiger partial charge in [-0.3, -0.25) is 25.8 Å². The number of nitrogens with zero attached hydrogens (tertiary/aromatic N) is 1. The van der Waals surface area contributed by atoms with Crippen molar-refractivity contribution in [2.45, 2.75) is 6.18 Å². The molecule has 0 aliphatic carbocycles. The Kier molecular flexibility index (Phi) is 4.86. The quantitative estimate of drug-likeness (QED) is 0.495. The Morgan fingerprint density at radius 3 is 2.16 bits per heavy atom. The van der Waals surface area contributed by atoms with Crippen molar-refractivity contribution in [2.24, 2.45) is 0 Å². The summed E-state index contributed by atoms with van der Waals surface area (Å²) in [6.07, 6.45) is -4.79. The maximum atomic E-state index is 13.0. The number of alkyl halides is 3. The van der Waals surface area contributed by atoms with Gasteiger partial charge in [0.05, 0.1) is 10.5 Å². The molecule has 0 heterocycles. The van der Waals surface area contributed by atoms with Gasteiger partial charge in [-0.2, -0.15) is 13.2 Å². The van der Waals surface area contributed by atoms with Crippen LogP contribution in [0.4, 0.5) is 33.3 Å². The maximum Gasteiger partial charge on any atom is 0.416 e. The number of benzene rings is 2. The molecule has 0 unspecified atom stereocenters. The molecule has 11 heteroatoms. The molecular formula is C14H8F5N3O3. The molecule has 2 N–H and O–H groups in total. The smallest absolute Gasteiger partial charge is 0.292 e. The summed E-state index contributed by atoms with van der Waals surface area (Å²) in [5.41, 5.74) is 0.909. The standard InChI is InChI=1S/C14H8F5N3O3/c15-9-3-7(4-10(16)6-9)13(23)21-20-11-2-1-8(14(17,18)19)5-12(11)22(24)25/h1-6,20H,(H,21,23). The first-order valence-corrected chi connectivity index (χ1v) is 6.46. The molecule has 0 saturated carbocycles. The van der Waals surface area contributed by atoms with Gasteiger partial charge in [0.25, 0.3) is 11.6 Å². The highest BCUT2D eigenvalue weighted by molar-refractivity contribution is 5.95. The molecule has 0 saturated heterocycles. The molecule has 0 bridgehead atoms. The molecule has 0 aliphatic rings. The van der Waals surface area contributed by atoms with Gasteiger partial charge in [-0.05, 0) is 24.3 Å². The van der Waals surface area contributed by atoms with Gasteiger partial charge in [-0.25, -0.2) is 8.78 Å². The average Bonchev–Trinajstić information content (AvgIpc) is 2.50. The molecular weight excluding hydrogens is 353 g/mol. The van der Waals surface area contributed by atoms with Crippen LogP contribution >= 0.6 is 0 Å². The van der Waals surface area contributed by atoms with Gasteiger partial charge in [-0.15, -0.1) is 0 Å². The van der Waals surface area contributed by atoms with Crippen LogP contribution in [0.2, 0.25) is 0 Å². The zero-order valence-corrected chi connectivity index (χ0v) is 12.0. The van der Waals surface area contributed by atoms with Gasteiger partial charge in [0, 0.05) is 17.7 Å². The van der Waals surface area contributed by atoms with E-state index in [0.717, 1.165) is 6.07 Å². The summed E-state index contributed by atoms with van der Waals surface area (Å²) in [6, 6.07) is 3.56. The molecule has 2 rings (SSSR count). The number of carbonyl (C=O) groups excluding carboxylic acids is 1. The van der Waals surface area contributed by atoms with Crippen molar-refractivity contribution >= 4 is 17.3 Å². The fourth-order valence-electron chi connectivity index (χ4n) is 1.85. The highest BCUT2D eigenvalue weighted by Crippen LogP contribution is 2.34. The van der Waals surface area contributed by atoms with Crippen molar-refractivity contribution in [2.75, 3.05) is 5.43 Å². The van der Waals surface area contributed by atoms with Gasteiger partial charge in [0.2, 0.25) is 0 Å². The Hall–Kier alpha value is -3.24. The van der Waals surface area contributed by atoms with Gasteiger partial charge >= 0.3 is 6.18 Å². The number of halogens is 5. The van der Waals surface area contributed by atoms with Crippen LogP contribution in [0.3, 0.4) is 0 Å². The Balaban J connectivity index is 2.22. The summed E-state index contributed by atoms with van der Waals surface area (Å²) in [4.78, 5) is 21.6. The van der Waals surface area contributed by atoms with Crippen molar-refractivity contribution in [1.82, 2.24) is 5.43 Å². The molecule has 0 aromatic heterocycles. The molecule has 25 heavy (non-hydrogen) atoms. The lowest BCUT2D eigenvalue weighted by Gasteiger charge is -2.11. The molecule has 0 radical (unpaired) electrons. The fourth-order valence-corrected chi connectivity index (χ4v) is 1.85. The highest BCUT2D eigenvalue weighted by atomic mass is 19.4. The van der Waals surface area contributed by atoms with Crippen LogP contribution in [0.1, 0.15) is 15.9 Å². The van der Waals surface area contributed by atoms with Crippen LogP contribution in [-0.4, -0.2) is 10.8 Å². The number of amides is 1. The molecule has 0 atom stereocenters. The number of hydrogen-bond acceptors (Lipinski definition) is 4. The van der Waals surface area contributed by atoms with E-state index < -0.39 is 51.1 Å². The lowest BCUT2D eigenvalue weighted by atomic mass is 10.1. The normalized spacial score (nSPS) is 11.1. The molecule has 132 valence electrons. The monoisotopic (exact) mass is 361 g/mol. The summed E-state index contributed by atoms with van der Waals surface area (Å²) < 4.78 is 63.9. The number of nitro groups is 1. The van der Waals surface area contributed by atoms with Crippen molar-refractivity contribution in [3.63, 3.8) is 0 Å². The largest absolute Gasteiger partial charge is 0.416 e. The summed E-state index contributed by atoms with van der Waals surface area (Å²) in [7, 11) is 0. The minimum absolute atomic E-state index is 0.288.